The molecule has 2 fully saturated rings. The molecular formula is C14H26N2O2S. The van der Waals surface area contributed by atoms with Gasteiger partial charge in [-0.25, -0.2) is 0 Å². The highest BCUT2D eigenvalue weighted by Crippen LogP contribution is 2.40. The summed E-state index contributed by atoms with van der Waals surface area (Å²) in [5.74, 6) is -0.184. The van der Waals surface area contributed by atoms with E-state index in [2.05, 4.69) is 19.2 Å². The molecule has 0 aromatic rings. The predicted molar refractivity (Wildman–Crippen MR) is 79.3 cm³/mol. The smallest absolute Gasteiger partial charge is 0.237 e. The molecule has 1 aliphatic carbocycles. The number of hydrogen-bond donors (Lipinski definition) is 2. The maximum Gasteiger partial charge on any atom is 0.237 e. The second-order valence-electron chi connectivity index (χ2n) is 6.06. The zero-order chi connectivity index (χ0) is 13.9. The van der Waals surface area contributed by atoms with Gasteiger partial charge in [-0.05, 0) is 46.0 Å². The minimum absolute atomic E-state index is 0.184. The molecule has 3 N–H and O–H groups in total. The molecule has 0 aromatic carbocycles. The summed E-state index contributed by atoms with van der Waals surface area (Å²) in [6.45, 7) is 5.92. The average molecular weight is 286 g/mol. The van der Waals surface area contributed by atoms with Crippen molar-refractivity contribution in [1.29, 1.82) is 0 Å². The lowest BCUT2D eigenvalue weighted by Gasteiger charge is -2.30. The number of primary amides is 1. The SMILES string of the molecule is CC(C)NC1(C(N)=O)CCC(SC2CCOCC2)C1. The molecule has 0 bridgehead atoms. The van der Waals surface area contributed by atoms with E-state index in [0.717, 1.165) is 45.3 Å². The van der Waals surface area contributed by atoms with Crippen molar-refractivity contribution in [2.75, 3.05) is 13.2 Å². The van der Waals surface area contributed by atoms with Gasteiger partial charge < -0.3 is 15.8 Å². The van der Waals surface area contributed by atoms with Crippen molar-refractivity contribution in [2.45, 2.75) is 68.0 Å². The lowest BCUT2D eigenvalue weighted by molar-refractivity contribution is -0.124. The van der Waals surface area contributed by atoms with Crippen LogP contribution in [0, 0.1) is 0 Å². The molecule has 0 radical (unpaired) electrons. The fraction of sp³-hybridized carbons (Fsp3) is 0.929. The summed E-state index contributed by atoms with van der Waals surface area (Å²) in [7, 11) is 0. The summed E-state index contributed by atoms with van der Waals surface area (Å²) in [6, 6.07) is 0.291. The maximum atomic E-state index is 11.8. The standard InChI is InChI=1S/C14H26N2O2S/c1-10(2)16-14(13(15)17)6-3-12(9-14)19-11-4-7-18-8-5-11/h10-12,16H,3-9H2,1-2H3,(H2,15,17). The molecule has 2 aliphatic rings. The number of thioether (sulfide) groups is 1. The van der Waals surface area contributed by atoms with Gasteiger partial charge in [-0.15, -0.1) is 0 Å². The first-order valence-electron chi connectivity index (χ1n) is 7.33. The van der Waals surface area contributed by atoms with Crippen LogP contribution >= 0.6 is 11.8 Å². The Morgan fingerprint density at radius 3 is 2.58 bits per heavy atom. The van der Waals surface area contributed by atoms with E-state index in [1.54, 1.807) is 0 Å². The molecule has 2 unspecified atom stereocenters. The Morgan fingerprint density at radius 1 is 1.32 bits per heavy atom. The van der Waals surface area contributed by atoms with Gasteiger partial charge in [0.05, 0.1) is 5.54 Å². The van der Waals surface area contributed by atoms with Crippen molar-refractivity contribution < 1.29 is 9.53 Å². The number of nitrogens with two attached hydrogens (primary N) is 1. The summed E-state index contributed by atoms with van der Waals surface area (Å²) in [5, 5.41) is 4.66. The van der Waals surface area contributed by atoms with E-state index in [1.807, 2.05) is 11.8 Å². The van der Waals surface area contributed by atoms with Gasteiger partial charge in [0.1, 0.15) is 0 Å². The number of carbonyl (C=O) groups is 1. The Balaban J connectivity index is 1.90. The second kappa shape index (κ2) is 6.46. The van der Waals surface area contributed by atoms with Crippen LogP contribution in [0.5, 0.6) is 0 Å². The van der Waals surface area contributed by atoms with Crippen LogP contribution in [0.1, 0.15) is 46.0 Å². The van der Waals surface area contributed by atoms with Crippen LogP contribution in [0.4, 0.5) is 0 Å². The van der Waals surface area contributed by atoms with Crippen LogP contribution in [0.3, 0.4) is 0 Å². The molecule has 5 heteroatoms. The van der Waals surface area contributed by atoms with E-state index < -0.39 is 5.54 Å². The number of hydrogen-bond acceptors (Lipinski definition) is 4. The number of amides is 1. The average Bonchev–Trinajstić information content (AvgIpc) is 2.74. The van der Waals surface area contributed by atoms with Crippen LogP contribution in [0.25, 0.3) is 0 Å². The van der Waals surface area contributed by atoms with Gasteiger partial charge in [-0.1, -0.05) is 0 Å². The van der Waals surface area contributed by atoms with Crippen LogP contribution in [0.2, 0.25) is 0 Å². The van der Waals surface area contributed by atoms with Gasteiger partial charge in [-0.2, -0.15) is 11.8 Å². The Hall–Kier alpha value is -0.260. The van der Waals surface area contributed by atoms with Gasteiger partial charge in [0.2, 0.25) is 5.91 Å². The fourth-order valence-corrected chi connectivity index (χ4v) is 4.82. The number of carbonyl (C=O) groups excluding carboxylic acids is 1. The Morgan fingerprint density at radius 2 is 2.00 bits per heavy atom. The summed E-state index contributed by atoms with van der Waals surface area (Å²) >= 11 is 2.05. The monoisotopic (exact) mass is 286 g/mol. The minimum atomic E-state index is -0.475. The van der Waals surface area contributed by atoms with Crippen LogP contribution in [0.15, 0.2) is 0 Å². The molecular weight excluding hydrogens is 260 g/mol. The van der Waals surface area contributed by atoms with Gasteiger partial charge in [0, 0.05) is 29.8 Å². The Labute approximate surface area is 120 Å². The molecule has 2 atom stereocenters. The second-order valence-corrected chi connectivity index (χ2v) is 7.66. The molecule has 0 aromatic heterocycles. The summed E-state index contributed by atoms with van der Waals surface area (Å²) in [4.78, 5) is 11.8. The molecule has 4 nitrogen and oxygen atoms in total. The number of rotatable bonds is 5. The normalized spacial score (nSPS) is 32.9. The van der Waals surface area contributed by atoms with Crippen LogP contribution in [-0.4, -0.2) is 41.2 Å². The van der Waals surface area contributed by atoms with Crippen molar-refractivity contribution in [3.63, 3.8) is 0 Å². The summed E-state index contributed by atoms with van der Waals surface area (Å²) in [6.07, 6.45) is 5.12. The van der Waals surface area contributed by atoms with E-state index in [0.29, 0.717) is 16.5 Å². The van der Waals surface area contributed by atoms with Crippen LogP contribution < -0.4 is 11.1 Å². The van der Waals surface area contributed by atoms with Crippen molar-refractivity contribution >= 4 is 17.7 Å². The molecule has 1 amide bonds. The molecule has 0 spiro atoms. The quantitative estimate of drug-likeness (QED) is 0.807. The molecule has 1 saturated carbocycles. The molecule has 1 heterocycles. The van der Waals surface area contributed by atoms with Crippen LogP contribution in [-0.2, 0) is 9.53 Å². The van der Waals surface area contributed by atoms with E-state index in [1.165, 1.54) is 0 Å². The van der Waals surface area contributed by atoms with Crippen molar-refractivity contribution in [3.05, 3.63) is 0 Å². The van der Waals surface area contributed by atoms with Gasteiger partial charge in [-0.3, -0.25) is 4.79 Å². The molecule has 1 saturated heterocycles. The number of ether oxygens (including phenoxy) is 1. The third kappa shape index (κ3) is 3.86. The molecule has 1 aliphatic heterocycles. The van der Waals surface area contributed by atoms with E-state index in [9.17, 15) is 4.79 Å². The van der Waals surface area contributed by atoms with E-state index in [4.69, 9.17) is 10.5 Å². The zero-order valence-corrected chi connectivity index (χ0v) is 12.8. The molecule has 2 rings (SSSR count). The van der Waals surface area contributed by atoms with Crippen molar-refractivity contribution in [2.24, 2.45) is 5.73 Å². The van der Waals surface area contributed by atoms with E-state index in [-0.39, 0.29) is 5.91 Å². The third-order valence-corrected chi connectivity index (χ3v) is 5.70. The van der Waals surface area contributed by atoms with E-state index >= 15 is 0 Å². The fourth-order valence-electron chi connectivity index (χ4n) is 3.18. The molecule has 19 heavy (non-hydrogen) atoms. The van der Waals surface area contributed by atoms with Gasteiger partial charge in [0.25, 0.3) is 0 Å². The van der Waals surface area contributed by atoms with Crippen molar-refractivity contribution in [1.82, 2.24) is 5.32 Å². The maximum absolute atomic E-state index is 11.8. The highest BCUT2D eigenvalue weighted by Gasteiger charge is 2.44. The highest BCUT2D eigenvalue weighted by atomic mass is 32.2. The largest absolute Gasteiger partial charge is 0.381 e. The Kier molecular flexibility index (Phi) is 5.15. The third-order valence-electron chi connectivity index (χ3n) is 4.06. The zero-order valence-electron chi connectivity index (χ0n) is 12.0. The highest BCUT2D eigenvalue weighted by molar-refractivity contribution is 8.00. The first kappa shape index (κ1) is 15.1. The molecule has 110 valence electrons. The minimum Gasteiger partial charge on any atom is -0.381 e. The van der Waals surface area contributed by atoms with Gasteiger partial charge in [0.15, 0.2) is 0 Å². The first-order valence-corrected chi connectivity index (χ1v) is 8.27. The topological polar surface area (TPSA) is 64.3 Å². The predicted octanol–water partition coefficient (Wildman–Crippen LogP) is 1.67. The lowest BCUT2D eigenvalue weighted by Crippen LogP contribution is -2.56. The van der Waals surface area contributed by atoms with Crippen molar-refractivity contribution in [3.8, 4) is 0 Å². The first-order chi connectivity index (χ1) is 9.02. The Bertz CT molecular complexity index is 319. The summed E-state index contributed by atoms with van der Waals surface area (Å²) < 4.78 is 5.40. The number of nitrogens with one attached hydrogen (secondary N) is 1. The lowest BCUT2D eigenvalue weighted by atomic mass is 9.96. The summed E-state index contributed by atoms with van der Waals surface area (Å²) in [5.41, 5.74) is 5.17. The van der Waals surface area contributed by atoms with Gasteiger partial charge >= 0.3 is 0 Å².